The molecule has 2 rings (SSSR count). The Morgan fingerprint density at radius 3 is 3.00 bits per heavy atom. The van der Waals surface area contributed by atoms with Gasteiger partial charge in [0, 0.05) is 11.7 Å². The van der Waals surface area contributed by atoms with Crippen molar-refractivity contribution >= 4 is 11.6 Å². The predicted octanol–water partition coefficient (Wildman–Crippen LogP) is 1.63. The molecule has 1 aromatic rings. The highest BCUT2D eigenvalue weighted by Crippen LogP contribution is 2.37. The van der Waals surface area contributed by atoms with E-state index in [4.69, 9.17) is 10.8 Å². The van der Waals surface area contributed by atoms with Crippen LogP contribution in [-0.4, -0.2) is 17.1 Å². The Balaban J connectivity index is 2.11. The van der Waals surface area contributed by atoms with Gasteiger partial charge in [-0.2, -0.15) is 0 Å². The van der Waals surface area contributed by atoms with Crippen molar-refractivity contribution in [2.75, 3.05) is 5.32 Å². The van der Waals surface area contributed by atoms with Crippen LogP contribution in [0.25, 0.3) is 0 Å². The molecule has 1 aliphatic rings. The lowest BCUT2D eigenvalue weighted by molar-refractivity contribution is -0.125. The number of carbonyl (C=O) groups is 1. The summed E-state index contributed by atoms with van der Waals surface area (Å²) >= 11 is 0. The fourth-order valence-corrected chi connectivity index (χ4v) is 2.50. The van der Waals surface area contributed by atoms with Gasteiger partial charge in [0.05, 0.1) is 12.0 Å². The Bertz CT molecular complexity index is 447. The van der Waals surface area contributed by atoms with Gasteiger partial charge >= 0.3 is 0 Å². The zero-order chi connectivity index (χ0) is 13.2. The topological polar surface area (TPSA) is 75.3 Å². The predicted molar refractivity (Wildman–Crippen MR) is 70.9 cm³/mol. The van der Waals surface area contributed by atoms with Gasteiger partial charge in [-0.25, -0.2) is 0 Å². The second kappa shape index (κ2) is 5.08. The summed E-state index contributed by atoms with van der Waals surface area (Å²) in [4.78, 5) is 12.3. The fraction of sp³-hybridized carbons (Fsp3) is 0.500. The van der Waals surface area contributed by atoms with Crippen molar-refractivity contribution in [3.05, 3.63) is 29.8 Å². The van der Waals surface area contributed by atoms with Crippen LogP contribution in [-0.2, 0) is 11.4 Å². The quantitative estimate of drug-likeness (QED) is 0.761. The van der Waals surface area contributed by atoms with Crippen LogP contribution in [0.3, 0.4) is 0 Å². The molecule has 2 atom stereocenters. The van der Waals surface area contributed by atoms with E-state index in [-0.39, 0.29) is 18.6 Å². The molecule has 0 bridgehead atoms. The van der Waals surface area contributed by atoms with Crippen molar-refractivity contribution in [1.82, 2.24) is 0 Å². The van der Waals surface area contributed by atoms with Crippen molar-refractivity contribution in [2.24, 2.45) is 11.1 Å². The second-order valence-electron chi connectivity index (χ2n) is 5.23. The molecule has 18 heavy (non-hydrogen) atoms. The molecule has 98 valence electrons. The van der Waals surface area contributed by atoms with Crippen LogP contribution >= 0.6 is 0 Å². The smallest absolute Gasteiger partial charge is 0.231 e. The minimum Gasteiger partial charge on any atom is -0.392 e. The van der Waals surface area contributed by atoms with Gasteiger partial charge in [0.2, 0.25) is 5.91 Å². The zero-order valence-corrected chi connectivity index (χ0v) is 10.6. The number of nitrogens with one attached hydrogen (secondary N) is 1. The van der Waals surface area contributed by atoms with Crippen LogP contribution in [0.2, 0.25) is 0 Å². The Kier molecular flexibility index (Phi) is 3.68. The summed E-state index contributed by atoms with van der Waals surface area (Å²) in [6, 6.07) is 7.16. The van der Waals surface area contributed by atoms with E-state index in [9.17, 15) is 4.79 Å². The maximum Gasteiger partial charge on any atom is 0.231 e. The van der Waals surface area contributed by atoms with Gasteiger partial charge in [0.1, 0.15) is 0 Å². The van der Waals surface area contributed by atoms with E-state index in [2.05, 4.69) is 5.32 Å². The maximum absolute atomic E-state index is 12.3. The SMILES string of the molecule is CC1(C(=O)Nc2cccc(CO)c2)CCCC1N. The molecule has 0 heterocycles. The fourth-order valence-electron chi connectivity index (χ4n) is 2.50. The number of benzene rings is 1. The molecule has 2 unspecified atom stereocenters. The van der Waals surface area contributed by atoms with E-state index in [0.717, 1.165) is 24.8 Å². The third-order valence-electron chi connectivity index (χ3n) is 3.92. The first-order valence-electron chi connectivity index (χ1n) is 6.33. The molecule has 0 saturated heterocycles. The minimum atomic E-state index is -0.477. The first-order chi connectivity index (χ1) is 8.56. The van der Waals surface area contributed by atoms with Crippen LogP contribution in [0.5, 0.6) is 0 Å². The molecule has 1 fully saturated rings. The largest absolute Gasteiger partial charge is 0.392 e. The highest BCUT2D eigenvalue weighted by atomic mass is 16.3. The van der Waals surface area contributed by atoms with E-state index in [0.29, 0.717) is 5.69 Å². The lowest BCUT2D eigenvalue weighted by atomic mass is 9.84. The van der Waals surface area contributed by atoms with Crippen LogP contribution in [0.15, 0.2) is 24.3 Å². The lowest BCUT2D eigenvalue weighted by Gasteiger charge is -2.27. The lowest BCUT2D eigenvalue weighted by Crippen LogP contribution is -2.44. The van der Waals surface area contributed by atoms with E-state index < -0.39 is 5.41 Å². The normalized spacial score (nSPS) is 27.2. The summed E-state index contributed by atoms with van der Waals surface area (Å²) in [6.07, 6.45) is 2.74. The molecule has 0 aromatic heterocycles. The average Bonchev–Trinajstić information content (AvgIpc) is 2.71. The van der Waals surface area contributed by atoms with Crippen molar-refractivity contribution in [1.29, 1.82) is 0 Å². The Labute approximate surface area is 107 Å². The number of aliphatic hydroxyl groups excluding tert-OH is 1. The van der Waals surface area contributed by atoms with E-state index in [1.807, 2.05) is 25.1 Å². The van der Waals surface area contributed by atoms with Gasteiger partial charge in [-0.05, 0) is 37.5 Å². The number of carbonyl (C=O) groups excluding carboxylic acids is 1. The van der Waals surface area contributed by atoms with Crippen LogP contribution in [0.4, 0.5) is 5.69 Å². The number of nitrogens with two attached hydrogens (primary N) is 1. The molecule has 1 saturated carbocycles. The molecule has 1 amide bonds. The summed E-state index contributed by atoms with van der Waals surface area (Å²) in [5.41, 5.74) is 7.05. The summed E-state index contributed by atoms with van der Waals surface area (Å²) in [5, 5.41) is 12.0. The highest BCUT2D eigenvalue weighted by Gasteiger charge is 2.42. The zero-order valence-electron chi connectivity index (χ0n) is 10.6. The molecular formula is C14H20N2O2. The van der Waals surface area contributed by atoms with E-state index >= 15 is 0 Å². The Morgan fingerprint density at radius 2 is 2.39 bits per heavy atom. The summed E-state index contributed by atoms with van der Waals surface area (Å²) in [7, 11) is 0. The molecule has 4 heteroatoms. The monoisotopic (exact) mass is 248 g/mol. The number of rotatable bonds is 3. The number of anilines is 1. The van der Waals surface area contributed by atoms with E-state index in [1.165, 1.54) is 0 Å². The molecule has 1 aliphatic carbocycles. The molecule has 0 aliphatic heterocycles. The molecule has 0 radical (unpaired) electrons. The summed E-state index contributed by atoms with van der Waals surface area (Å²) in [5.74, 6) is -0.0254. The molecule has 1 aromatic carbocycles. The number of hydrogen-bond donors (Lipinski definition) is 3. The van der Waals surface area contributed by atoms with Gasteiger partial charge < -0.3 is 16.2 Å². The van der Waals surface area contributed by atoms with Gasteiger partial charge in [0.25, 0.3) is 0 Å². The van der Waals surface area contributed by atoms with Gasteiger partial charge in [0.15, 0.2) is 0 Å². The summed E-state index contributed by atoms with van der Waals surface area (Å²) in [6.45, 7) is 1.90. The number of hydrogen-bond acceptors (Lipinski definition) is 3. The van der Waals surface area contributed by atoms with Gasteiger partial charge in [-0.1, -0.05) is 18.6 Å². The van der Waals surface area contributed by atoms with E-state index in [1.54, 1.807) is 6.07 Å². The first-order valence-corrected chi connectivity index (χ1v) is 6.33. The summed E-state index contributed by atoms with van der Waals surface area (Å²) < 4.78 is 0. The molecule has 0 spiro atoms. The standard InChI is InChI=1S/C14H20N2O2/c1-14(7-3-6-12(14)15)13(18)16-11-5-2-4-10(8-11)9-17/h2,4-5,8,12,17H,3,6-7,9,15H2,1H3,(H,16,18). The van der Waals surface area contributed by atoms with Crippen molar-refractivity contribution in [3.63, 3.8) is 0 Å². The first kappa shape index (κ1) is 13.1. The molecule has 4 nitrogen and oxygen atoms in total. The Morgan fingerprint density at radius 1 is 1.61 bits per heavy atom. The van der Waals surface area contributed by atoms with Gasteiger partial charge in [-0.15, -0.1) is 0 Å². The number of aliphatic hydroxyl groups is 1. The van der Waals surface area contributed by atoms with Gasteiger partial charge in [-0.3, -0.25) is 4.79 Å². The van der Waals surface area contributed by atoms with Crippen LogP contribution < -0.4 is 11.1 Å². The van der Waals surface area contributed by atoms with Crippen molar-refractivity contribution in [3.8, 4) is 0 Å². The third-order valence-corrected chi connectivity index (χ3v) is 3.92. The molecule has 4 N–H and O–H groups in total. The van der Waals surface area contributed by atoms with Crippen LogP contribution in [0, 0.1) is 5.41 Å². The second-order valence-corrected chi connectivity index (χ2v) is 5.23. The third kappa shape index (κ3) is 2.40. The average molecular weight is 248 g/mol. The van der Waals surface area contributed by atoms with Crippen molar-refractivity contribution in [2.45, 2.75) is 38.8 Å². The van der Waals surface area contributed by atoms with Crippen LogP contribution in [0.1, 0.15) is 31.7 Å². The minimum absolute atomic E-state index is 0.0254. The maximum atomic E-state index is 12.3. The highest BCUT2D eigenvalue weighted by molar-refractivity contribution is 5.95. The Hall–Kier alpha value is -1.39. The molecular weight excluding hydrogens is 228 g/mol. The van der Waals surface area contributed by atoms with Crippen molar-refractivity contribution < 1.29 is 9.90 Å². The number of amides is 1.